The van der Waals surface area contributed by atoms with E-state index in [0.29, 0.717) is 5.69 Å². The molecular formula is C12H13N3O. The standard InChI is InChI=1S/C12H13N3O/c1-8-6-10(16)3-4-11(8)15-12-5-2-9(13)7-14-12/h2-7,16H,13H2,1H3,(H,14,15). The highest BCUT2D eigenvalue weighted by Crippen LogP contribution is 2.23. The minimum atomic E-state index is 0.258. The SMILES string of the molecule is Cc1cc(O)ccc1Nc1ccc(N)cn1. The average Bonchev–Trinajstić information content (AvgIpc) is 2.25. The summed E-state index contributed by atoms with van der Waals surface area (Å²) in [5.74, 6) is 0.983. The van der Waals surface area contributed by atoms with Crippen molar-refractivity contribution >= 4 is 17.2 Å². The van der Waals surface area contributed by atoms with Crippen LogP contribution in [-0.2, 0) is 0 Å². The van der Waals surface area contributed by atoms with E-state index < -0.39 is 0 Å². The highest BCUT2D eigenvalue weighted by atomic mass is 16.3. The fourth-order valence-corrected chi connectivity index (χ4v) is 1.41. The third-order valence-corrected chi connectivity index (χ3v) is 2.26. The van der Waals surface area contributed by atoms with Crippen LogP contribution in [0.4, 0.5) is 17.2 Å². The zero-order valence-electron chi connectivity index (χ0n) is 8.94. The van der Waals surface area contributed by atoms with E-state index in [0.717, 1.165) is 17.1 Å². The quantitative estimate of drug-likeness (QED) is 0.673. The number of nitrogens with one attached hydrogen (secondary N) is 1. The molecular weight excluding hydrogens is 202 g/mol. The molecule has 0 saturated carbocycles. The molecule has 0 aliphatic carbocycles. The molecule has 0 spiro atoms. The van der Waals surface area contributed by atoms with Gasteiger partial charge in [-0.05, 0) is 42.8 Å². The third-order valence-electron chi connectivity index (χ3n) is 2.26. The van der Waals surface area contributed by atoms with Crippen LogP contribution in [0, 0.1) is 6.92 Å². The van der Waals surface area contributed by atoms with E-state index in [-0.39, 0.29) is 5.75 Å². The fraction of sp³-hybridized carbons (Fsp3) is 0.0833. The first kappa shape index (κ1) is 10.3. The first-order valence-electron chi connectivity index (χ1n) is 4.93. The minimum absolute atomic E-state index is 0.258. The van der Waals surface area contributed by atoms with Crippen LogP contribution < -0.4 is 11.1 Å². The summed E-state index contributed by atoms with van der Waals surface area (Å²) in [5.41, 5.74) is 8.05. The van der Waals surface area contributed by atoms with Crippen molar-refractivity contribution in [2.75, 3.05) is 11.1 Å². The van der Waals surface area contributed by atoms with Gasteiger partial charge in [0.15, 0.2) is 0 Å². The molecule has 0 aliphatic rings. The lowest BCUT2D eigenvalue weighted by molar-refractivity contribution is 0.475. The van der Waals surface area contributed by atoms with E-state index in [1.807, 2.05) is 19.1 Å². The molecule has 4 nitrogen and oxygen atoms in total. The number of nitrogen functional groups attached to an aromatic ring is 1. The second-order valence-corrected chi connectivity index (χ2v) is 3.60. The minimum Gasteiger partial charge on any atom is -0.508 e. The zero-order valence-corrected chi connectivity index (χ0v) is 8.94. The maximum absolute atomic E-state index is 9.28. The van der Waals surface area contributed by atoms with Gasteiger partial charge in [0.1, 0.15) is 11.6 Å². The normalized spacial score (nSPS) is 10.1. The van der Waals surface area contributed by atoms with Crippen LogP contribution in [0.25, 0.3) is 0 Å². The van der Waals surface area contributed by atoms with Crippen LogP contribution in [0.3, 0.4) is 0 Å². The summed E-state index contributed by atoms with van der Waals surface area (Å²) in [6.07, 6.45) is 1.60. The molecule has 0 saturated heterocycles. The van der Waals surface area contributed by atoms with Crippen molar-refractivity contribution in [2.45, 2.75) is 6.92 Å². The van der Waals surface area contributed by atoms with Gasteiger partial charge >= 0.3 is 0 Å². The van der Waals surface area contributed by atoms with Gasteiger partial charge in [-0.25, -0.2) is 4.98 Å². The Hall–Kier alpha value is -2.23. The van der Waals surface area contributed by atoms with Gasteiger partial charge < -0.3 is 16.2 Å². The lowest BCUT2D eigenvalue weighted by Gasteiger charge is -2.08. The summed E-state index contributed by atoms with van der Waals surface area (Å²) in [6.45, 7) is 1.92. The number of aryl methyl sites for hydroxylation is 1. The summed E-state index contributed by atoms with van der Waals surface area (Å²) < 4.78 is 0. The van der Waals surface area contributed by atoms with E-state index in [1.165, 1.54) is 0 Å². The van der Waals surface area contributed by atoms with Gasteiger partial charge in [-0.1, -0.05) is 0 Å². The Morgan fingerprint density at radius 1 is 1.25 bits per heavy atom. The fourth-order valence-electron chi connectivity index (χ4n) is 1.41. The van der Waals surface area contributed by atoms with E-state index >= 15 is 0 Å². The van der Waals surface area contributed by atoms with Crippen molar-refractivity contribution in [1.29, 1.82) is 0 Å². The molecule has 1 heterocycles. The number of anilines is 3. The van der Waals surface area contributed by atoms with E-state index in [2.05, 4.69) is 10.3 Å². The Kier molecular flexibility index (Phi) is 2.64. The Morgan fingerprint density at radius 2 is 2.06 bits per heavy atom. The molecule has 1 aromatic carbocycles. The van der Waals surface area contributed by atoms with Crippen LogP contribution in [0.2, 0.25) is 0 Å². The molecule has 2 rings (SSSR count). The van der Waals surface area contributed by atoms with Gasteiger partial charge in [-0.3, -0.25) is 0 Å². The van der Waals surface area contributed by atoms with Gasteiger partial charge in [0.25, 0.3) is 0 Å². The summed E-state index contributed by atoms with van der Waals surface area (Å²) >= 11 is 0. The van der Waals surface area contributed by atoms with E-state index in [9.17, 15) is 5.11 Å². The molecule has 0 unspecified atom stereocenters. The molecule has 82 valence electrons. The lowest BCUT2D eigenvalue weighted by atomic mass is 10.2. The first-order valence-corrected chi connectivity index (χ1v) is 4.93. The number of hydrogen-bond donors (Lipinski definition) is 3. The number of benzene rings is 1. The number of nitrogens with two attached hydrogens (primary N) is 1. The van der Waals surface area contributed by atoms with Crippen LogP contribution >= 0.6 is 0 Å². The van der Waals surface area contributed by atoms with E-state index in [4.69, 9.17) is 5.73 Å². The van der Waals surface area contributed by atoms with Crippen LogP contribution in [0.15, 0.2) is 36.5 Å². The highest BCUT2D eigenvalue weighted by Gasteiger charge is 2.00. The Labute approximate surface area is 93.8 Å². The molecule has 2 aromatic rings. The molecule has 0 fully saturated rings. The van der Waals surface area contributed by atoms with Gasteiger partial charge in [-0.2, -0.15) is 0 Å². The number of nitrogens with zero attached hydrogens (tertiary/aromatic N) is 1. The van der Waals surface area contributed by atoms with Crippen molar-refractivity contribution in [3.8, 4) is 5.75 Å². The molecule has 0 radical (unpaired) electrons. The molecule has 4 heteroatoms. The maximum atomic E-state index is 9.28. The predicted octanol–water partition coefficient (Wildman–Crippen LogP) is 2.42. The average molecular weight is 215 g/mol. The third kappa shape index (κ3) is 2.23. The van der Waals surface area contributed by atoms with Gasteiger partial charge in [0.2, 0.25) is 0 Å². The molecule has 1 aromatic heterocycles. The Bertz CT molecular complexity index is 494. The molecule has 0 aliphatic heterocycles. The van der Waals surface area contributed by atoms with Crippen molar-refractivity contribution < 1.29 is 5.11 Å². The van der Waals surface area contributed by atoms with Gasteiger partial charge in [0, 0.05) is 5.69 Å². The first-order chi connectivity index (χ1) is 7.65. The van der Waals surface area contributed by atoms with Crippen LogP contribution in [0.5, 0.6) is 5.75 Å². The Balaban J connectivity index is 2.23. The summed E-state index contributed by atoms with van der Waals surface area (Å²) in [5, 5.41) is 12.4. The van der Waals surface area contributed by atoms with E-state index in [1.54, 1.807) is 24.4 Å². The molecule has 0 bridgehead atoms. The number of phenols is 1. The summed E-state index contributed by atoms with van der Waals surface area (Å²) in [4.78, 5) is 4.14. The predicted molar refractivity (Wildman–Crippen MR) is 64.8 cm³/mol. The second-order valence-electron chi connectivity index (χ2n) is 3.60. The smallest absolute Gasteiger partial charge is 0.130 e. The Morgan fingerprint density at radius 3 is 2.69 bits per heavy atom. The number of aromatic nitrogens is 1. The number of phenolic OH excluding ortho intramolecular Hbond substituents is 1. The van der Waals surface area contributed by atoms with Crippen molar-refractivity contribution in [1.82, 2.24) is 4.98 Å². The number of hydrogen-bond acceptors (Lipinski definition) is 4. The van der Waals surface area contributed by atoms with Crippen molar-refractivity contribution in [3.05, 3.63) is 42.1 Å². The van der Waals surface area contributed by atoms with Crippen LogP contribution in [0.1, 0.15) is 5.56 Å². The largest absolute Gasteiger partial charge is 0.508 e. The lowest BCUT2D eigenvalue weighted by Crippen LogP contribution is -1.96. The molecule has 0 amide bonds. The van der Waals surface area contributed by atoms with Crippen LogP contribution in [-0.4, -0.2) is 10.1 Å². The summed E-state index contributed by atoms with van der Waals surface area (Å²) in [6, 6.07) is 8.72. The van der Waals surface area contributed by atoms with Crippen molar-refractivity contribution in [2.24, 2.45) is 0 Å². The maximum Gasteiger partial charge on any atom is 0.130 e. The topological polar surface area (TPSA) is 71.2 Å². The summed E-state index contributed by atoms with van der Waals surface area (Å²) in [7, 11) is 0. The number of pyridine rings is 1. The molecule has 4 N–H and O–H groups in total. The highest BCUT2D eigenvalue weighted by molar-refractivity contribution is 5.62. The number of aromatic hydroxyl groups is 1. The molecule has 0 atom stereocenters. The zero-order chi connectivity index (χ0) is 11.5. The molecule has 16 heavy (non-hydrogen) atoms. The number of rotatable bonds is 2. The van der Waals surface area contributed by atoms with Gasteiger partial charge in [0.05, 0.1) is 11.9 Å². The second kappa shape index (κ2) is 4.10. The van der Waals surface area contributed by atoms with Crippen molar-refractivity contribution in [3.63, 3.8) is 0 Å². The monoisotopic (exact) mass is 215 g/mol. The van der Waals surface area contributed by atoms with Gasteiger partial charge in [-0.15, -0.1) is 0 Å².